The first-order valence-corrected chi connectivity index (χ1v) is 14.6. The van der Waals surface area contributed by atoms with E-state index in [2.05, 4.69) is 27.3 Å². The minimum atomic E-state index is -0.585. The number of halogens is 1. The summed E-state index contributed by atoms with van der Waals surface area (Å²) in [7, 11) is 1.58. The van der Waals surface area contributed by atoms with Crippen LogP contribution in [0.1, 0.15) is 37.3 Å². The van der Waals surface area contributed by atoms with Gasteiger partial charge >= 0.3 is 0 Å². The van der Waals surface area contributed by atoms with Gasteiger partial charge in [-0.25, -0.2) is 9.82 Å². The Bertz CT molecular complexity index is 1560. The summed E-state index contributed by atoms with van der Waals surface area (Å²) in [4.78, 5) is 19.2. The normalized spacial score (nSPS) is 14.2. The summed E-state index contributed by atoms with van der Waals surface area (Å²) in [5, 5.41) is 4.62. The number of hydrazone groups is 1. The summed E-state index contributed by atoms with van der Waals surface area (Å²) >= 11 is 0. The van der Waals surface area contributed by atoms with E-state index < -0.39 is 5.82 Å². The molecule has 0 bridgehead atoms. The molecule has 43 heavy (non-hydrogen) atoms. The lowest BCUT2D eigenvalue weighted by molar-refractivity contribution is -0.120. The molecule has 1 aliphatic rings. The van der Waals surface area contributed by atoms with Crippen molar-refractivity contribution in [1.82, 2.24) is 15.3 Å². The molecule has 1 saturated heterocycles. The number of fused-ring (bicyclic) bond motifs is 1. The first-order valence-electron chi connectivity index (χ1n) is 14.6. The zero-order chi connectivity index (χ0) is 30.0. The molecule has 1 aromatic heterocycles. The van der Waals surface area contributed by atoms with Gasteiger partial charge in [-0.1, -0.05) is 43.3 Å². The minimum Gasteiger partial charge on any atom is -0.493 e. The van der Waals surface area contributed by atoms with Gasteiger partial charge in [-0.3, -0.25) is 9.78 Å². The van der Waals surface area contributed by atoms with Crippen molar-refractivity contribution in [2.24, 2.45) is 11.0 Å². The second-order valence-electron chi connectivity index (χ2n) is 10.8. The quantitative estimate of drug-likeness (QED) is 0.118. The van der Waals surface area contributed by atoms with E-state index in [1.54, 1.807) is 37.7 Å². The molecule has 0 saturated carbocycles. The first kappa shape index (κ1) is 30.0. The van der Waals surface area contributed by atoms with Gasteiger partial charge in [0.15, 0.2) is 23.1 Å². The average molecular weight is 585 g/mol. The maximum absolute atomic E-state index is 15.0. The van der Waals surface area contributed by atoms with Crippen LogP contribution in [0, 0.1) is 11.7 Å². The van der Waals surface area contributed by atoms with Gasteiger partial charge in [0, 0.05) is 24.2 Å². The van der Waals surface area contributed by atoms with Crippen LogP contribution in [0.25, 0.3) is 10.9 Å². The molecule has 0 atom stereocenters. The van der Waals surface area contributed by atoms with Crippen LogP contribution in [-0.4, -0.2) is 55.4 Å². The predicted octanol–water partition coefficient (Wildman–Crippen LogP) is 6.37. The molecule has 0 unspecified atom stereocenters. The van der Waals surface area contributed by atoms with Crippen molar-refractivity contribution in [2.75, 3.05) is 33.4 Å². The van der Waals surface area contributed by atoms with Crippen molar-refractivity contribution in [3.8, 4) is 23.0 Å². The van der Waals surface area contributed by atoms with E-state index in [0.717, 1.165) is 37.5 Å². The molecule has 3 aromatic carbocycles. The number of nitrogens with zero attached hydrogens (tertiary/aromatic N) is 3. The number of likely N-dealkylation sites (tertiary alicyclic amines) is 1. The number of pyridine rings is 1. The van der Waals surface area contributed by atoms with Crippen LogP contribution < -0.4 is 19.6 Å². The third kappa shape index (κ3) is 8.29. The molecule has 1 N–H and O–H groups in total. The molecule has 0 aliphatic carbocycles. The number of hydrogen-bond donors (Lipinski definition) is 1. The Balaban J connectivity index is 1.20. The van der Waals surface area contributed by atoms with E-state index in [9.17, 15) is 4.79 Å². The van der Waals surface area contributed by atoms with Crippen molar-refractivity contribution >= 4 is 23.0 Å². The fourth-order valence-electron chi connectivity index (χ4n) is 5.04. The lowest BCUT2D eigenvalue weighted by atomic mass is 9.99. The molecule has 2 heterocycles. The number of carbonyl (C=O) groups is 1. The highest BCUT2D eigenvalue weighted by atomic mass is 19.1. The second kappa shape index (κ2) is 14.6. The highest BCUT2D eigenvalue weighted by molar-refractivity contribution is 5.88. The van der Waals surface area contributed by atoms with Gasteiger partial charge in [0.05, 0.1) is 31.9 Å². The Morgan fingerprint density at radius 3 is 2.63 bits per heavy atom. The van der Waals surface area contributed by atoms with Gasteiger partial charge in [0.1, 0.15) is 5.75 Å². The fourth-order valence-corrected chi connectivity index (χ4v) is 5.04. The van der Waals surface area contributed by atoms with Crippen molar-refractivity contribution in [3.05, 3.63) is 89.9 Å². The third-order valence-corrected chi connectivity index (χ3v) is 7.52. The zero-order valence-electron chi connectivity index (χ0n) is 24.6. The zero-order valence-corrected chi connectivity index (χ0v) is 24.6. The molecule has 0 spiro atoms. The Morgan fingerprint density at radius 2 is 1.86 bits per heavy atom. The molecular weight excluding hydrogens is 547 g/mol. The maximum Gasteiger partial charge on any atom is 0.244 e. The molecule has 1 fully saturated rings. The fraction of sp³-hybridized carbons (Fsp3) is 0.324. The SMILES string of the molecule is COc1cc2c(Oc3ccc(CC(=O)N/N=C/c4ccccc4)cc3F)ccnc2cc1OCCCN1CCC(C)CC1. The van der Waals surface area contributed by atoms with E-state index in [1.807, 2.05) is 36.4 Å². The summed E-state index contributed by atoms with van der Waals surface area (Å²) in [6.07, 6.45) is 6.56. The molecule has 0 radical (unpaired) electrons. The number of nitrogens with one attached hydrogen (secondary N) is 1. The van der Waals surface area contributed by atoms with E-state index in [1.165, 1.54) is 25.0 Å². The van der Waals surface area contributed by atoms with Crippen LogP contribution in [0.4, 0.5) is 4.39 Å². The number of ether oxygens (including phenoxy) is 3. The van der Waals surface area contributed by atoms with E-state index in [-0.39, 0.29) is 18.1 Å². The molecule has 1 aliphatic heterocycles. The summed E-state index contributed by atoms with van der Waals surface area (Å²) < 4.78 is 32.7. The highest BCUT2D eigenvalue weighted by Crippen LogP contribution is 2.37. The minimum absolute atomic E-state index is 0.0290. The van der Waals surface area contributed by atoms with Crippen molar-refractivity contribution < 1.29 is 23.4 Å². The molecule has 9 heteroatoms. The summed E-state index contributed by atoms with van der Waals surface area (Å²) in [6, 6.07) is 19.1. The topological polar surface area (TPSA) is 85.3 Å². The van der Waals surface area contributed by atoms with Crippen LogP contribution >= 0.6 is 0 Å². The van der Waals surface area contributed by atoms with Crippen LogP contribution in [-0.2, 0) is 11.2 Å². The Hall–Kier alpha value is -4.50. The number of hydrogen-bond acceptors (Lipinski definition) is 7. The van der Waals surface area contributed by atoms with Gasteiger partial charge in [-0.15, -0.1) is 0 Å². The summed E-state index contributed by atoms with van der Waals surface area (Å²) in [5.74, 6) is 1.49. The molecule has 5 rings (SSSR count). The van der Waals surface area contributed by atoms with Gasteiger partial charge in [0.2, 0.25) is 5.91 Å². The van der Waals surface area contributed by atoms with Crippen molar-refractivity contribution in [1.29, 1.82) is 0 Å². The van der Waals surface area contributed by atoms with E-state index in [0.29, 0.717) is 40.3 Å². The number of methoxy groups -OCH3 is 1. The van der Waals surface area contributed by atoms with Crippen LogP contribution in [0.5, 0.6) is 23.0 Å². The van der Waals surface area contributed by atoms with Gasteiger partial charge in [-0.2, -0.15) is 5.10 Å². The molecular formula is C34H37FN4O4. The Labute approximate surface area is 251 Å². The van der Waals surface area contributed by atoms with Crippen molar-refractivity contribution in [2.45, 2.75) is 32.6 Å². The summed E-state index contributed by atoms with van der Waals surface area (Å²) in [6.45, 7) is 6.19. The van der Waals surface area contributed by atoms with E-state index in [4.69, 9.17) is 14.2 Å². The lowest BCUT2D eigenvalue weighted by Crippen LogP contribution is -2.34. The first-order chi connectivity index (χ1) is 21.0. The van der Waals surface area contributed by atoms with Crippen molar-refractivity contribution in [3.63, 3.8) is 0 Å². The monoisotopic (exact) mass is 584 g/mol. The Kier molecular flexibility index (Phi) is 10.2. The maximum atomic E-state index is 15.0. The molecule has 8 nitrogen and oxygen atoms in total. The number of rotatable bonds is 12. The highest BCUT2D eigenvalue weighted by Gasteiger charge is 2.17. The number of aromatic nitrogens is 1. The standard InChI is InChI=1S/C34H37FN4O4/c1-24-12-16-39(17-13-24)15-6-18-42-33-22-29-27(21-32(33)41-2)30(11-14-36-29)43-31-10-9-26(19-28(31)35)20-34(40)38-37-23-25-7-4-3-5-8-25/h3-5,7-11,14,19,21-24H,6,12-13,15-18,20H2,1-2H3,(H,38,40)/b37-23+. The third-order valence-electron chi connectivity index (χ3n) is 7.52. The smallest absolute Gasteiger partial charge is 0.244 e. The molecule has 1 amide bonds. The Morgan fingerprint density at radius 1 is 1.05 bits per heavy atom. The summed E-state index contributed by atoms with van der Waals surface area (Å²) in [5.41, 5.74) is 4.46. The number of benzene rings is 3. The second-order valence-corrected chi connectivity index (χ2v) is 10.8. The van der Waals surface area contributed by atoms with Crippen LogP contribution in [0.15, 0.2) is 78.0 Å². The largest absolute Gasteiger partial charge is 0.493 e. The van der Waals surface area contributed by atoms with Crippen LogP contribution in [0.3, 0.4) is 0 Å². The van der Waals surface area contributed by atoms with Gasteiger partial charge < -0.3 is 19.1 Å². The van der Waals surface area contributed by atoms with E-state index >= 15 is 4.39 Å². The molecule has 4 aromatic rings. The van der Waals surface area contributed by atoms with Gasteiger partial charge in [0.25, 0.3) is 0 Å². The lowest BCUT2D eigenvalue weighted by Gasteiger charge is -2.30. The van der Waals surface area contributed by atoms with Gasteiger partial charge in [-0.05, 0) is 73.7 Å². The predicted molar refractivity (Wildman–Crippen MR) is 166 cm³/mol. The number of piperidine rings is 1. The number of carbonyl (C=O) groups excluding carboxylic acids is 1. The number of amides is 1. The average Bonchev–Trinajstić information content (AvgIpc) is 3.01. The van der Waals surface area contributed by atoms with Crippen LogP contribution in [0.2, 0.25) is 0 Å². The molecule has 224 valence electrons.